The van der Waals surface area contributed by atoms with E-state index in [1.165, 1.54) is 5.56 Å². The molecule has 9 heteroatoms. The average Bonchev–Trinajstić information content (AvgIpc) is 3.34. The monoisotopic (exact) mass is 528 g/mol. The lowest BCUT2D eigenvalue weighted by molar-refractivity contribution is 0.113. The summed E-state index contributed by atoms with van der Waals surface area (Å²) in [5.41, 5.74) is 1.22. The van der Waals surface area contributed by atoms with Crippen LogP contribution < -0.4 is 10.1 Å². The second-order valence-corrected chi connectivity index (χ2v) is 7.46. The SMILES string of the molecule is Cc1ccc(OCCN(C)C(=NCc2nnc(C)n2C)NCC2CCCO2)cc1.I. The molecular formula is C21H33IN6O2. The fraction of sp³-hybridized carbons (Fsp3) is 0.571. The predicted molar refractivity (Wildman–Crippen MR) is 129 cm³/mol. The molecule has 0 saturated carbocycles. The quantitative estimate of drug-likeness (QED) is 0.323. The van der Waals surface area contributed by atoms with E-state index in [0.717, 1.165) is 49.4 Å². The molecule has 0 aliphatic carbocycles. The number of ether oxygens (including phenoxy) is 2. The number of nitrogens with zero attached hydrogens (tertiary/aromatic N) is 5. The summed E-state index contributed by atoms with van der Waals surface area (Å²) in [7, 11) is 3.97. The van der Waals surface area contributed by atoms with Crippen LogP contribution in [-0.2, 0) is 18.3 Å². The van der Waals surface area contributed by atoms with Crippen molar-refractivity contribution < 1.29 is 9.47 Å². The van der Waals surface area contributed by atoms with E-state index in [2.05, 4.69) is 39.5 Å². The molecule has 0 radical (unpaired) electrons. The highest BCUT2D eigenvalue weighted by Crippen LogP contribution is 2.12. The van der Waals surface area contributed by atoms with Crippen molar-refractivity contribution in [2.75, 3.05) is 33.4 Å². The Labute approximate surface area is 196 Å². The lowest BCUT2D eigenvalue weighted by atomic mass is 10.2. The number of aromatic nitrogens is 3. The van der Waals surface area contributed by atoms with Gasteiger partial charge in [0.25, 0.3) is 0 Å². The highest BCUT2D eigenvalue weighted by Gasteiger charge is 2.17. The molecule has 1 N–H and O–H groups in total. The van der Waals surface area contributed by atoms with Crippen molar-refractivity contribution in [1.82, 2.24) is 25.0 Å². The Morgan fingerprint density at radius 1 is 1.30 bits per heavy atom. The Hall–Kier alpha value is -1.88. The first kappa shape index (κ1) is 24.4. The molecule has 30 heavy (non-hydrogen) atoms. The van der Waals surface area contributed by atoms with Crippen LogP contribution >= 0.6 is 24.0 Å². The number of nitrogens with one attached hydrogen (secondary N) is 1. The zero-order valence-electron chi connectivity index (χ0n) is 18.3. The number of halogens is 1. The normalized spacial score (nSPS) is 16.3. The van der Waals surface area contributed by atoms with Crippen LogP contribution in [0.2, 0.25) is 0 Å². The second-order valence-electron chi connectivity index (χ2n) is 7.46. The van der Waals surface area contributed by atoms with Gasteiger partial charge in [0.1, 0.15) is 24.7 Å². The molecule has 1 unspecified atom stereocenters. The molecule has 0 bridgehead atoms. The van der Waals surface area contributed by atoms with Crippen LogP contribution in [0.25, 0.3) is 0 Å². The standard InChI is InChI=1S/C21H32N6O2.HI/c1-16-7-9-18(10-8-16)29-13-11-26(3)21(22-14-19-6-5-12-28-19)23-15-20-25-24-17(2)27(20)4;/h7-10,19H,5-6,11-15H2,1-4H3,(H,22,23);1H. The van der Waals surface area contributed by atoms with E-state index >= 15 is 0 Å². The van der Waals surface area contributed by atoms with Gasteiger partial charge in [-0.15, -0.1) is 34.2 Å². The molecule has 2 aromatic rings. The minimum absolute atomic E-state index is 0. The van der Waals surface area contributed by atoms with Gasteiger partial charge < -0.3 is 24.3 Å². The third-order valence-corrected chi connectivity index (χ3v) is 5.14. The van der Waals surface area contributed by atoms with Crippen LogP contribution in [0.15, 0.2) is 29.3 Å². The second kappa shape index (κ2) is 12.1. The van der Waals surface area contributed by atoms with E-state index in [4.69, 9.17) is 14.5 Å². The molecular weight excluding hydrogens is 495 g/mol. The zero-order valence-corrected chi connectivity index (χ0v) is 20.6. The number of hydrogen-bond acceptors (Lipinski definition) is 5. The van der Waals surface area contributed by atoms with Crippen molar-refractivity contribution in [2.45, 2.75) is 39.3 Å². The minimum Gasteiger partial charge on any atom is -0.492 e. The Balaban J connectivity index is 0.00000320. The zero-order chi connectivity index (χ0) is 20.6. The van der Waals surface area contributed by atoms with Gasteiger partial charge in [-0.1, -0.05) is 17.7 Å². The van der Waals surface area contributed by atoms with Gasteiger partial charge in [-0.3, -0.25) is 0 Å². The highest BCUT2D eigenvalue weighted by atomic mass is 127. The van der Waals surface area contributed by atoms with E-state index < -0.39 is 0 Å². The number of rotatable bonds is 8. The molecule has 1 saturated heterocycles. The van der Waals surface area contributed by atoms with Crippen molar-refractivity contribution in [3.05, 3.63) is 41.5 Å². The van der Waals surface area contributed by atoms with Crippen molar-refractivity contribution in [3.8, 4) is 5.75 Å². The molecule has 8 nitrogen and oxygen atoms in total. The third kappa shape index (κ3) is 7.12. The average molecular weight is 528 g/mol. The predicted octanol–water partition coefficient (Wildman–Crippen LogP) is 2.69. The summed E-state index contributed by atoms with van der Waals surface area (Å²) in [6.45, 7) is 7.35. The van der Waals surface area contributed by atoms with Gasteiger partial charge in [0.2, 0.25) is 0 Å². The van der Waals surface area contributed by atoms with Gasteiger partial charge in [-0.2, -0.15) is 0 Å². The van der Waals surface area contributed by atoms with Crippen molar-refractivity contribution >= 4 is 29.9 Å². The molecule has 1 fully saturated rings. The third-order valence-electron chi connectivity index (χ3n) is 5.14. The molecule has 1 atom stereocenters. The molecule has 1 aromatic carbocycles. The van der Waals surface area contributed by atoms with Gasteiger partial charge in [0, 0.05) is 27.2 Å². The molecule has 1 aliphatic heterocycles. The van der Waals surface area contributed by atoms with Crippen molar-refractivity contribution in [2.24, 2.45) is 12.0 Å². The molecule has 3 rings (SSSR count). The maximum Gasteiger partial charge on any atom is 0.194 e. The Kier molecular flexibility index (Phi) is 9.83. The van der Waals surface area contributed by atoms with E-state index in [-0.39, 0.29) is 30.1 Å². The number of aryl methyl sites for hydroxylation is 2. The van der Waals surface area contributed by atoms with Crippen LogP contribution in [-0.4, -0.2) is 65.1 Å². The first-order valence-electron chi connectivity index (χ1n) is 10.2. The fourth-order valence-corrected chi connectivity index (χ4v) is 3.10. The van der Waals surface area contributed by atoms with Gasteiger partial charge in [-0.25, -0.2) is 4.99 Å². The summed E-state index contributed by atoms with van der Waals surface area (Å²) in [6.07, 6.45) is 2.45. The fourth-order valence-electron chi connectivity index (χ4n) is 3.10. The lowest BCUT2D eigenvalue weighted by Crippen LogP contribution is -2.43. The topological polar surface area (TPSA) is 76.8 Å². The van der Waals surface area contributed by atoms with Crippen LogP contribution in [0.1, 0.15) is 30.1 Å². The van der Waals surface area contributed by atoms with Gasteiger partial charge in [-0.05, 0) is 38.8 Å². The number of hydrogen-bond donors (Lipinski definition) is 1. The minimum atomic E-state index is 0. The summed E-state index contributed by atoms with van der Waals surface area (Å²) in [5.74, 6) is 3.41. The molecule has 2 heterocycles. The molecule has 1 aromatic heterocycles. The van der Waals surface area contributed by atoms with Crippen molar-refractivity contribution in [3.63, 3.8) is 0 Å². The Morgan fingerprint density at radius 3 is 2.70 bits per heavy atom. The van der Waals surface area contributed by atoms with Gasteiger partial charge in [0.15, 0.2) is 11.8 Å². The van der Waals surface area contributed by atoms with E-state index in [9.17, 15) is 0 Å². The molecule has 0 spiro atoms. The molecule has 166 valence electrons. The Morgan fingerprint density at radius 2 is 2.07 bits per heavy atom. The molecule has 1 aliphatic rings. The molecule has 0 amide bonds. The largest absolute Gasteiger partial charge is 0.492 e. The first-order valence-corrected chi connectivity index (χ1v) is 10.2. The van der Waals surface area contributed by atoms with E-state index in [1.807, 2.05) is 37.7 Å². The van der Waals surface area contributed by atoms with Crippen LogP contribution in [0.5, 0.6) is 5.75 Å². The number of benzene rings is 1. The summed E-state index contributed by atoms with van der Waals surface area (Å²) in [4.78, 5) is 6.84. The van der Waals surface area contributed by atoms with Crippen LogP contribution in [0, 0.1) is 13.8 Å². The van der Waals surface area contributed by atoms with E-state index in [1.54, 1.807) is 0 Å². The van der Waals surface area contributed by atoms with Gasteiger partial charge >= 0.3 is 0 Å². The first-order chi connectivity index (χ1) is 14.0. The maximum absolute atomic E-state index is 5.87. The Bertz CT molecular complexity index is 802. The summed E-state index contributed by atoms with van der Waals surface area (Å²) < 4.78 is 13.6. The van der Waals surface area contributed by atoms with Gasteiger partial charge in [0.05, 0.1) is 12.6 Å². The summed E-state index contributed by atoms with van der Waals surface area (Å²) in [6, 6.07) is 8.10. The number of aliphatic imine (C=N–C) groups is 1. The highest BCUT2D eigenvalue weighted by molar-refractivity contribution is 14.0. The van der Waals surface area contributed by atoms with E-state index in [0.29, 0.717) is 19.7 Å². The van der Waals surface area contributed by atoms with Crippen molar-refractivity contribution in [1.29, 1.82) is 0 Å². The van der Waals surface area contributed by atoms with Crippen LogP contribution in [0.3, 0.4) is 0 Å². The van der Waals surface area contributed by atoms with Crippen LogP contribution in [0.4, 0.5) is 0 Å². The maximum atomic E-state index is 5.87. The summed E-state index contributed by atoms with van der Waals surface area (Å²) in [5, 5.41) is 11.8. The smallest absolute Gasteiger partial charge is 0.194 e. The number of likely N-dealkylation sites (N-methyl/N-ethyl adjacent to an activating group) is 1. The lowest BCUT2D eigenvalue weighted by Gasteiger charge is -2.24. The summed E-state index contributed by atoms with van der Waals surface area (Å²) >= 11 is 0. The number of guanidine groups is 1.